The summed E-state index contributed by atoms with van der Waals surface area (Å²) >= 11 is 6.99. The minimum atomic E-state index is -0.400. The van der Waals surface area contributed by atoms with Gasteiger partial charge in [0.25, 0.3) is 5.56 Å². The highest BCUT2D eigenvalue weighted by Gasteiger charge is 2.32. The van der Waals surface area contributed by atoms with Gasteiger partial charge in [-0.05, 0) is 55.5 Å². The van der Waals surface area contributed by atoms with Crippen LogP contribution in [0.25, 0.3) is 27.7 Å². The second-order valence-electron chi connectivity index (χ2n) is 11.7. The second kappa shape index (κ2) is 11.3. The number of benzene rings is 2. The van der Waals surface area contributed by atoms with Gasteiger partial charge in [-0.1, -0.05) is 50.2 Å². The van der Waals surface area contributed by atoms with Crippen molar-refractivity contribution in [2.24, 2.45) is 0 Å². The van der Waals surface area contributed by atoms with Crippen molar-refractivity contribution >= 4 is 34.1 Å². The summed E-state index contributed by atoms with van der Waals surface area (Å²) in [5.74, 6) is 1.26. The number of fused-ring (bicyclic) bond motifs is 1. The predicted molar refractivity (Wildman–Crippen MR) is 170 cm³/mol. The van der Waals surface area contributed by atoms with Gasteiger partial charge in [-0.3, -0.25) is 14.2 Å². The standard InChI is InChI=1S/C34H33ClN6O2/c1-5-31(42)39-12-13-40(21(4)19-39)32-26-14-28(35)25(23-17-37-33(38-18-23)22-10-11-22)15-30(26)41(34(43)27(32)16-36)29-9-7-6-8-24(29)20(2)3/h5-9,14-15,17-18,20-22H,1,10-13,19H2,2-4H3/t21-/m0/s1. The Balaban J connectivity index is 1.62. The number of carbonyl (C=O) groups excluding carboxylic acids is 1. The van der Waals surface area contributed by atoms with E-state index in [1.165, 1.54) is 6.08 Å². The van der Waals surface area contributed by atoms with Crippen molar-refractivity contribution in [3.63, 3.8) is 0 Å². The Hall–Kier alpha value is -4.48. The molecular formula is C34H33ClN6O2. The summed E-state index contributed by atoms with van der Waals surface area (Å²) in [6.45, 7) is 11.1. The molecule has 2 aliphatic rings. The minimum absolute atomic E-state index is 0.0438. The average Bonchev–Trinajstić information content (AvgIpc) is 3.86. The Bertz CT molecular complexity index is 1850. The number of piperazine rings is 1. The average molecular weight is 593 g/mol. The van der Waals surface area contributed by atoms with Crippen molar-refractivity contribution in [1.82, 2.24) is 19.4 Å². The van der Waals surface area contributed by atoms with Crippen molar-refractivity contribution < 1.29 is 4.79 Å². The van der Waals surface area contributed by atoms with E-state index in [0.29, 0.717) is 52.7 Å². The summed E-state index contributed by atoms with van der Waals surface area (Å²) in [7, 11) is 0. The molecule has 3 heterocycles. The first-order valence-electron chi connectivity index (χ1n) is 14.6. The molecule has 8 nitrogen and oxygen atoms in total. The fourth-order valence-corrected chi connectivity index (χ4v) is 6.35. The number of pyridine rings is 1. The maximum Gasteiger partial charge on any atom is 0.275 e. The molecule has 6 rings (SSSR count). The zero-order valence-corrected chi connectivity index (χ0v) is 25.3. The zero-order chi connectivity index (χ0) is 30.4. The third-order valence-corrected chi connectivity index (χ3v) is 8.79. The molecule has 1 saturated heterocycles. The minimum Gasteiger partial charge on any atom is -0.363 e. The number of amides is 1. The van der Waals surface area contributed by atoms with E-state index in [4.69, 9.17) is 11.6 Å². The summed E-state index contributed by atoms with van der Waals surface area (Å²) in [5, 5.41) is 11.6. The number of para-hydroxylation sites is 1. The lowest BCUT2D eigenvalue weighted by molar-refractivity contribution is -0.126. The number of nitrogens with zero attached hydrogens (tertiary/aromatic N) is 6. The molecule has 2 fully saturated rings. The fraction of sp³-hybridized carbons (Fsp3) is 0.324. The lowest BCUT2D eigenvalue weighted by Gasteiger charge is -2.41. The maximum absolute atomic E-state index is 14.4. The lowest BCUT2D eigenvalue weighted by Crippen LogP contribution is -2.54. The number of halogens is 1. The van der Waals surface area contributed by atoms with E-state index in [1.54, 1.807) is 21.9 Å². The van der Waals surface area contributed by atoms with E-state index in [1.807, 2.05) is 43.3 Å². The monoisotopic (exact) mass is 592 g/mol. The van der Waals surface area contributed by atoms with Gasteiger partial charge in [-0.2, -0.15) is 5.26 Å². The van der Waals surface area contributed by atoms with Crippen LogP contribution in [0.4, 0.5) is 5.69 Å². The molecule has 0 unspecified atom stereocenters. The number of nitriles is 1. The second-order valence-corrected chi connectivity index (χ2v) is 12.1. The highest BCUT2D eigenvalue weighted by atomic mass is 35.5. The normalized spacial score (nSPS) is 16.9. The topological polar surface area (TPSA) is 95.1 Å². The molecule has 1 aliphatic heterocycles. The smallest absolute Gasteiger partial charge is 0.275 e. The molecule has 2 aromatic heterocycles. The van der Waals surface area contributed by atoms with Crippen LogP contribution >= 0.6 is 11.6 Å². The van der Waals surface area contributed by atoms with Gasteiger partial charge < -0.3 is 9.80 Å². The van der Waals surface area contributed by atoms with E-state index >= 15 is 0 Å². The largest absolute Gasteiger partial charge is 0.363 e. The van der Waals surface area contributed by atoms with Gasteiger partial charge in [0.1, 0.15) is 17.5 Å². The first-order chi connectivity index (χ1) is 20.7. The van der Waals surface area contributed by atoms with Crippen molar-refractivity contribution in [3.8, 4) is 22.9 Å². The third kappa shape index (κ3) is 5.08. The number of anilines is 1. The van der Waals surface area contributed by atoms with Crippen LogP contribution in [0.3, 0.4) is 0 Å². The summed E-state index contributed by atoms with van der Waals surface area (Å²) in [4.78, 5) is 39.8. The molecule has 1 saturated carbocycles. The highest BCUT2D eigenvalue weighted by Crippen LogP contribution is 2.41. The number of rotatable bonds is 6. The van der Waals surface area contributed by atoms with Gasteiger partial charge in [0, 0.05) is 65.5 Å². The van der Waals surface area contributed by atoms with Gasteiger partial charge in [-0.15, -0.1) is 0 Å². The van der Waals surface area contributed by atoms with Crippen molar-refractivity contribution in [3.05, 3.63) is 93.8 Å². The molecule has 0 radical (unpaired) electrons. The molecule has 43 heavy (non-hydrogen) atoms. The van der Waals surface area contributed by atoms with Crippen LogP contribution in [-0.4, -0.2) is 51.0 Å². The van der Waals surface area contributed by atoms with Crippen LogP contribution in [-0.2, 0) is 4.79 Å². The maximum atomic E-state index is 14.4. The quantitative estimate of drug-likeness (QED) is 0.248. The summed E-state index contributed by atoms with van der Waals surface area (Å²) in [5.41, 5.74) is 3.98. The van der Waals surface area contributed by atoms with Gasteiger partial charge in [0.05, 0.1) is 16.9 Å². The van der Waals surface area contributed by atoms with Crippen LogP contribution in [0, 0.1) is 11.3 Å². The number of hydrogen-bond acceptors (Lipinski definition) is 6. The van der Waals surface area contributed by atoms with Crippen LogP contribution in [0.5, 0.6) is 0 Å². The van der Waals surface area contributed by atoms with E-state index in [2.05, 4.69) is 41.4 Å². The van der Waals surface area contributed by atoms with E-state index in [-0.39, 0.29) is 23.4 Å². The molecule has 0 N–H and O–H groups in total. The van der Waals surface area contributed by atoms with Crippen LogP contribution in [0.15, 0.2) is 66.2 Å². The number of carbonyl (C=O) groups is 1. The molecule has 0 spiro atoms. The van der Waals surface area contributed by atoms with Gasteiger partial charge in [-0.25, -0.2) is 9.97 Å². The lowest BCUT2D eigenvalue weighted by atomic mass is 9.98. The van der Waals surface area contributed by atoms with Crippen LogP contribution in [0.2, 0.25) is 5.02 Å². The molecule has 2 aromatic carbocycles. The Morgan fingerprint density at radius 1 is 1.16 bits per heavy atom. The van der Waals surface area contributed by atoms with Gasteiger partial charge in [0.15, 0.2) is 0 Å². The summed E-state index contributed by atoms with van der Waals surface area (Å²) < 4.78 is 1.65. The summed E-state index contributed by atoms with van der Waals surface area (Å²) in [6.07, 6.45) is 7.11. The van der Waals surface area contributed by atoms with Crippen LogP contribution in [0.1, 0.15) is 62.4 Å². The molecule has 4 aromatic rings. The van der Waals surface area contributed by atoms with Crippen molar-refractivity contribution in [2.75, 3.05) is 24.5 Å². The summed E-state index contributed by atoms with van der Waals surface area (Å²) in [6, 6.07) is 13.6. The van der Waals surface area contributed by atoms with Gasteiger partial charge >= 0.3 is 0 Å². The first kappa shape index (κ1) is 28.6. The highest BCUT2D eigenvalue weighted by molar-refractivity contribution is 6.34. The van der Waals surface area contributed by atoms with Crippen LogP contribution < -0.4 is 10.5 Å². The molecule has 1 atom stereocenters. The van der Waals surface area contributed by atoms with E-state index in [0.717, 1.165) is 35.5 Å². The Kier molecular flexibility index (Phi) is 7.53. The Labute approximate surface area is 255 Å². The predicted octanol–water partition coefficient (Wildman–Crippen LogP) is 6.20. The van der Waals surface area contributed by atoms with E-state index < -0.39 is 5.56 Å². The van der Waals surface area contributed by atoms with E-state index in [9.17, 15) is 14.9 Å². The molecule has 1 aliphatic carbocycles. The third-order valence-electron chi connectivity index (χ3n) is 8.47. The molecule has 9 heteroatoms. The first-order valence-corrected chi connectivity index (χ1v) is 15.0. The zero-order valence-electron chi connectivity index (χ0n) is 24.5. The van der Waals surface area contributed by atoms with Gasteiger partial charge in [0.2, 0.25) is 5.91 Å². The number of aromatic nitrogens is 3. The van der Waals surface area contributed by atoms with Crippen molar-refractivity contribution in [1.29, 1.82) is 5.26 Å². The Morgan fingerprint density at radius 3 is 2.51 bits per heavy atom. The molecule has 218 valence electrons. The molecular weight excluding hydrogens is 560 g/mol. The molecule has 0 bridgehead atoms. The number of hydrogen-bond donors (Lipinski definition) is 0. The molecule has 1 amide bonds. The fourth-order valence-electron chi connectivity index (χ4n) is 6.08. The Morgan fingerprint density at radius 2 is 1.88 bits per heavy atom. The van der Waals surface area contributed by atoms with Crippen molar-refractivity contribution in [2.45, 2.75) is 51.5 Å². The SMILES string of the molecule is C=CC(=O)N1CCN(c2c(C#N)c(=O)n(-c3ccccc3C(C)C)c3cc(-c4cnc(C5CC5)nc4)c(Cl)cc23)[C@@H](C)C1.